The number of benzene rings is 1. The second-order valence-electron chi connectivity index (χ2n) is 7.45. The molecule has 1 amide bonds. The van der Waals surface area contributed by atoms with Crippen LogP contribution in [0.3, 0.4) is 0 Å². The monoisotopic (exact) mass is 402 g/mol. The van der Waals surface area contributed by atoms with E-state index in [1.165, 1.54) is 0 Å². The van der Waals surface area contributed by atoms with E-state index in [2.05, 4.69) is 5.10 Å². The van der Waals surface area contributed by atoms with Gasteiger partial charge in [-0.25, -0.2) is 8.78 Å². The molecule has 2 aromatic heterocycles. The minimum atomic E-state index is -2.40. The van der Waals surface area contributed by atoms with Crippen molar-refractivity contribution >= 4 is 16.8 Å². The summed E-state index contributed by atoms with van der Waals surface area (Å²) in [7, 11) is 1.82. The number of aromatic nitrogens is 3. The summed E-state index contributed by atoms with van der Waals surface area (Å²) in [4.78, 5) is 14.4. The summed E-state index contributed by atoms with van der Waals surface area (Å²) in [5, 5.41) is 5.10. The Morgan fingerprint density at radius 3 is 2.69 bits per heavy atom. The van der Waals surface area contributed by atoms with E-state index >= 15 is 0 Å². The summed E-state index contributed by atoms with van der Waals surface area (Å²) in [6, 6.07) is 9.12. The van der Waals surface area contributed by atoms with E-state index in [4.69, 9.17) is 4.74 Å². The molecule has 1 fully saturated rings. The van der Waals surface area contributed by atoms with Crippen LogP contribution in [0, 0.1) is 6.92 Å². The SMILES string of the molecule is Cc1cc(C(=O)N2CCC(Oc3cccc4c3ccn4CC(F)F)CC2)nn1C. The standard InChI is InChI=1S/C21H24F2N4O2/c1-14-12-17(24-25(14)2)21(28)26-9-6-15(7-10-26)29-19-5-3-4-18-16(19)8-11-27(18)13-20(22)23/h3-5,8,11-12,15,20H,6-7,9-10,13H2,1-2H3. The molecule has 29 heavy (non-hydrogen) atoms. The maximum absolute atomic E-state index is 12.8. The third-order valence-corrected chi connectivity index (χ3v) is 5.46. The van der Waals surface area contributed by atoms with E-state index in [1.54, 1.807) is 26.4 Å². The van der Waals surface area contributed by atoms with E-state index in [1.807, 2.05) is 38.2 Å². The number of halogens is 2. The van der Waals surface area contributed by atoms with Crippen molar-refractivity contribution in [3.05, 3.63) is 47.9 Å². The number of amides is 1. The molecule has 1 aliphatic heterocycles. The van der Waals surface area contributed by atoms with Crippen LogP contribution in [0.5, 0.6) is 5.75 Å². The zero-order valence-corrected chi connectivity index (χ0v) is 16.5. The van der Waals surface area contributed by atoms with E-state index in [0.717, 1.165) is 16.6 Å². The number of aryl methyl sites for hydroxylation is 2. The van der Waals surface area contributed by atoms with Crippen molar-refractivity contribution in [1.82, 2.24) is 19.2 Å². The molecule has 0 bridgehead atoms. The number of piperidine rings is 1. The topological polar surface area (TPSA) is 52.3 Å². The van der Waals surface area contributed by atoms with Gasteiger partial charge in [-0.05, 0) is 31.2 Å². The Morgan fingerprint density at radius 2 is 2.03 bits per heavy atom. The lowest BCUT2D eigenvalue weighted by Crippen LogP contribution is -2.42. The minimum Gasteiger partial charge on any atom is -0.490 e. The predicted octanol–water partition coefficient (Wildman–Crippen LogP) is 3.63. The Hall–Kier alpha value is -2.90. The predicted molar refractivity (Wildman–Crippen MR) is 105 cm³/mol. The molecule has 0 saturated carbocycles. The van der Waals surface area contributed by atoms with Crippen LogP contribution < -0.4 is 4.74 Å². The average Bonchev–Trinajstić information content (AvgIpc) is 3.25. The highest BCUT2D eigenvalue weighted by Gasteiger charge is 2.26. The van der Waals surface area contributed by atoms with Gasteiger partial charge in [0.15, 0.2) is 5.69 Å². The smallest absolute Gasteiger partial charge is 0.274 e. The molecule has 1 aliphatic rings. The van der Waals surface area contributed by atoms with Crippen molar-refractivity contribution in [1.29, 1.82) is 0 Å². The van der Waals surface area contributed by atoms with Gasteiger partial charge < -0.3 is 14.2 Å². The molecule has 8 heteroatoms. The molecule has 0 radical (unpaired) electrons. The average molecular weight is 402 g/mol. The molecule has 3 heterocycles. The molecule has 0 atom stereocenters. The molecule has 1 aromatic carbocycles. The van der Waals surface area contributed by atoms with Crippen LogP contribution in [0.25, 0.3) is 10.9 Å². The van der Waals surface area contributed by atoms with Gasteiger partial charge in [0.2, 0.25) is 0 Å². The molecule has 0 spiro atoms. The fraction of sp³-hybridized carbons (Fsp3) is 0.429. The fourth-order valence-corrected chi connectivity index (χ4v) is 3.79. The number of carbonyl (C=O) groups excluding carboxylic acids is 1. The van der Waals surface area contributed by atoms with Gasteiger partial charge in [0.25, 0.3) is 12.3 Å². The van der Waals surface area contributed by atoms with E-state index in [9.17, 15) is 13.6 Å². The Kier molecular flexibility index (Phi) is 5.25. The fourth-order valence-electron chi connectivity index (χ4n) is 3.79. The number of hydrogen-bond acceptors (Lipinski definition) is 3. The van der Waals surface area contributed by atoms with Gasteiger partial charge in [-0.1, -0.05) is 6.07 Å². The summed E-state index contributed by atoms with van der Waals surface area (Å²) in [6.45, 7) is 2.78. The third kappa shape index (κ3) is 3.97. The number of likely N-dealkylation sites (tertiary alicyclic amines) is 1. The summed E-state index contributed by atoms with van der Waals surface area (Å²) in [5.41, 5.74) is 2.15. The van der Waals surface area contributed by atoms with Gasteiger partial charge in [0, 0.05) is 50.3 Å². The number of fused-ring (bicyclic) bond motifs is 1. The van der Waals surface area contributed by atoms with E-state index in [0.29, 0.717) is 37.4 Å². The van der Waals surface area contributed by atoms with Gasteiger partial charge in [0.1, 0.15) is 11.9 Å². The second-order valence-corrected chi connectivity index (χ2v) is 7.45. The van der Waals surface area contributed by atoms with Gasteiger partial charge in [0.05, 0.1) is 12.1 Å². The van der Waals surface area contributed by atoms with Gasteiger partial charge in [-0.3, -0.25) is 9.48 Å². The molecule has 0 aliphatic carbocycles. The summed E-state index contributed by atoms with van der Waals surface area (Å²) < 4.78 is 34.9. The number of carbonyl (C=O) groups is 1. The highest BCUT2D eigenvalue weighted by atomic mass is 19.3. The first-order valence-corrected chi connectivity index (χ1v) is 9.75. The second kappa shape index (κ2) is 7.85. The highest BCUT2D eigenvalue weighted by molar-refractivity contribution is 5.92. The van der Waals surface area contributed by atoms with Crippen molar-refractivity contribution in [2.75, 3.05) is 13.1 Å². The number of alkyl halides is 2. The van der Waals surface area contributed by atoms with Crippen LogP contribution >= 0.6 is 0 Å². The number of ether oxygens (including phenoxy) is 1. The van der Waals surface area contributed by atoms with Crippen LogP contribution in [-0.2, 0) is 13.6 Å². The molecule has 154 valence electrons. The Labute approximate surface area is 167 Å². The summed E-state index contributed by atoms with van der Waals surface area (Å²) >= 11 is 0. The first-order chi connectivity index (χ1) is 13.9. The zero-order chi connectivity index (χ0) is 20.5. The largest absolute Gasteiger partial charge is 0.490 e. The van der Waals surface area contributed by atoms with Crippen LogP contribution in [0.2, 0.25) is 0 Å². The van der Waals surface area contributed by atoms with Crippen LogP contribution in [0.15, 0.2) is 36.5 Å². The van der Waals surface area contributed by atoms with Gasteiger partial charge in [-0.2, -0.15) is 5.10 Å². The lowest BCUT2D eigenvalue weighted by molar-refractivity contribution is 0.0591. The maximum atomic E-state index is 12.8. The zero-order valence-electron chi connectivity index (χ0n) is 16.5. The van der Waals surface area contributed by atoms with Crippen molar-refractivity contribution in [3.63, 3.8) is 0 Å². The highest BCUT2D eigenvalue weighted by Crippen LogP contribution is 2.29. The first-order valence-electron chi connectivity index (χ1n) is 9.75. The van der Waals surface area contributed by atoms with Crippen molar-refractivity contribution < 1.29 is 18.3 Å². The molecule has 0 unspecified atom stereocenters. The molecule has 1 saturated heterocycles. The Bertz CT molecular complexity index is 1000. The number of hydrogen-bond donors (Lipinski definition) is 0. The van der Waals surface area contributed by atoms with Crippen LogP contribution in [0.1, 0.15) is 29.0 Å². The number of rotatable bonds is 5. The molecular weight excluding hydrogens is 378 g/mol. The molecular formula is C21H24F2N4O2. The Balaban J connectivity index is 1.41. The quantitative estimate of drug-likeness (QED) is 0.655. The normalized spacial score (nSPS) is 15.4. The summed E-state index contributed by atoms with van der Waals surface area (Å²) in [5.74, 6) is 0.638. The van der Waals surface area contributed by atoms with Crippen molar-refractivity contribution in [3.8, 4) is 5.75 Å². The van der Waals surface area contributed by atoms with Crippen LogP contribution in [-0.4, -0.2) is 50.8 Å². The van der Waals surface area contributed by atoms with Crippen molar-refractivity contribution in [2.45, 2.75) is 38.8 Å². The lowest BCUT2D eigenvalue weighted by Gasteiger charge is -2.32. The lowest BCUT2D eigenvalue weighted by atomic mass is 10.1. The Morgan fingerprint density at radius 1 is 1.28 bits per heavy atom. The molecule has 6 nitrogen and oxygen atoms in total. The van der Waals surface area contributed by atoms with E-state index in [-0.39, 0.29) is 18.6 Å². The molecule has 4 rings (SSSR count). The summed E-state index contributed by atoms with van der Waals surface area (Å²) in [6.07, 6.45) is 0.672. The van der Waals surface area contributed by atoms with Gasteiger partial charge >= 0.3 is 0 Å². The van der Waals surface area contributed by atoms with Crippen LogP contribution in [0.4, 0.5) is 8.78 Å². The first kappa shape index (κ1) is 19.4. The van der Waals surface area contributed by atoms with E-state index < -0.39 is 6.43 Å². The number of nitrogens with zero attached hydrogens (tertiary/aromatic N) is 4. The van der Waals surface area contributed by atoms with Crippen molar-refractivity contribution in [2.24, 2.45) is 7.05 Å². The maximum Gasteiger partial charge on any atom is 0.274 e. The third-order valence-electron chi connectivity index (χ3n) is 5.46. The van der Waals surface area contributed by atoms with Gasteiger partial charge in [-0.15, -0.1) is 0 Å². The molecule has 3 aromatic rings. The minimum absolute atomic E-state index is 0.0198. The molecule has 0 N–H and O–H groups in total.